The molecule has 0 spiro atoms. The van der Waals surface area contributed by atoms with Gasteiger partial charge in [0.25, 0.3) is 11.8 Å². The summed E-state index contributed by atoms with van der Waals surface area (Å²) in [6.45, 7) is 3.48. The molecule has 2 aliphatic heterocycles. The Labute approximate surface area is 185 Å². The van der Waals surface area contributed by atoms with Crippen LogP contribution in [0, 0.1) is 5.82 Å². The highest BCUT2D eigenvalue weighted by Gasteiger charge is 2.25. The lowest BCUT2D eigenvalue weighted by atomic mass is 10.0. The van der Waals surface area contributed by atoms with Gasteiger partial charge in [0.05, 0.1) is 29.4 Å². The molecule has 0 atom stereocenters. The second-order valence-corrected chi connectivity index (χ2v) is 8.06. The van der Waals surface area contributed by atoms with E-state index < -0.39 is 11.7 Å². The first-order valence-corrected chi connectivity index (χ1v) is 10.7. The first-order valence-electron chi connectivity index (χ1n) is 10.4. The molecule has 0 unspecified atom stereocenters. The zero-order chi connectivity index (χ0) is 21.8. The largest absolute Gasteiger partial charge is 0.378 e. The van der Waals surface area contributed by atoms with E-state index >= 15 is 0 Å². The van der Waals surface area contributed by atoms with E-state index in [1.54, 1.807) is 29.3 Å². The number of carbonyl (C=O) groups excluding carboxylic acids is 2. The van der Waals surface area contributed by atoms with E-state index in [1.807, 2.05) is 4.90 Å². The summed E-state index contributed by atoms with van der Waals surface area (Å²) in [6.07, 6.45) is 2.93. The molecule has 9 heteroatoms. The quantitative estimate of drug-likeness (QED) is 0.781. The highest BCUT2D eigenvalue weighted by atomic mass is 35.5. The number of amides is 2. The molecular formula is C22H24ClFN4O3. The molecular weight excluding hydrogens is 423 g/mol. The zero-order valence-electron chi connectivity index (χ0n) is 17.0. The maximum atomic E-state index is 13.8. The Bertz CT molecular complexity index is 960. The van der Waals surface area contributed by atoms with Gasteiger partial charge in [-0.15, -0.1) is 0 Å². The van der Waals surface area contributed by atoms with Gasteiger partial charge in [0.2, 0.25) is 0 Å². The Hall–Kier alpha value is -2.71. The molecule has 164 valence electrons. The van der Waals surface area contributed by atoms with Crippen LogP contribution in [0.5, 0.6) is 0 Å². The third-order valence-electron chi connectivity index (χ3n) is 5.62. The van der Waals surface area contributed by atoms with Crippen molar-refractivity contribution in [3.05, 3.63) is 58.5 Å². The molecule has 1 aromatic carbocycles. The van der Waals surface area contributed by atoms with E-state index in [9.17, 15) is 14.0 Å². The number of nitrogens with one attached hydrogen (secondary N) is 1. The van der Waals surface area contributed by atoms with Crippen LogP contribution in [0.3, 0.4) is 0 Å². The summed E-state index contributed by atoms with van der Waals surface area (Å²) in [5.41, 5.74) is 0.512. The van der Waals surface area contributed by atoms with E-state index in [0.29, 0.717) is 68.6 Å². The van der Waals surface area contributed by atoms with Crippen molar-refractivity contribution in [2.24, 2.45) is 0 Å². The van der Waals surface area contributed by atoms with Crippen LogP contribution in [0.15, 0.2) is 36.5 Å². The highest BCUT2D eigenvalue weighted by Crippen LogP contribution is 2.27. The first kappa shape index (κ1) is 21.5. The fourth-order valence-electron chi connectivity index (χ4n) is 3.87. The minimum Gasteiger partial charge on any atom is -0.378 e. The van der Waals surface area contributed by atoms with Crippen LogP contribution in [0.1, 0.15) is 33.6 Å². The maximum absolute atomic E-state index is 13.8. The standard InChI is InChI=1S/C22H24ClFN4O3/c23-18-13-15(22(30)28-9-11-31-12-10-28)14-25-20(18)27-7-5-16(6-8-27)26-21(29)17-3-1-2-4-19(17)24/h1-4,13-14,16H,5-12H2,(H,26,29). The predicted molar refractivity (Wildman–Crippen MR) is 115 cm³/mol. The molecule has 0 saturated carbocycles. The summed E-state index contributed by atoms with van der Waals surface area (Å²) in [5.74, 6) is -0.406. The van der Waals surface area contributed by atoms with Crippen molar-refractivity contribution in [3.8, 4) is 0 Å². The van der Waals surface area contributed by atoms with E-state index in [2.05, 4.69) is 10.3 Å². The van der Waals surface area contributed by atoms with E-state index in [4.69, 9.17) is 16.3 Å². The van der Waals surface area contributed by atoms with E-state index in [0.717, 1.165) is 0 Å². The third-order valence-corrected chi connectivity index (χ3v) is 5.89. The Morgan fingerprint density at radius 3 is 2.52 bits per heavy atom. The number of carbonyl (C=O) groups is 2. The zero-order valence-corrected chi connectivity index (χ0v) is 17.8. The molecule has 31 heavy (non-hydrogen) atoms. The molecule has 2 saturated heterocycles. The molecule has 4 rings (SSSR count). The number of aromatic nitrogens is 1. The van der Waals surface area contributed by atoms with Gasteiger partial charge in [-0.3, -0.25) is 9.59 Å². The molecule has 2 amide bonds. The molecule has 0 radical (unpaired) electrons. The van der Waals surface area contributed by atoms with Gasteiger partial charge in [-0.05, 0) is 31.0 Å². The van der Waals surface area contributed by atoms with Crippen molar-refractivity contribution in [3.63, 3.8) is 0 Å². The van der Waals surface area contributed by atoms with Gasteiger partial charge in [-0.25, -0.2) is 9.37 Å². The molecule has 2 aromatic rings. The van der Waals surface area contributed by atoms with Crippen molar-refractivity contribution in [2.75, 3.05) is 44.3 Å². The third kappa shape index (κ3) is 4.97. The normalized spacial score (nSPS) is 17.5. The predicted octanol–water partition coefficient (Wildman–Crippen LogP) is 2.75. The van der Waals surface area contributed by atoms with Crippen molar-refractivity contribution < 1.29 is 18.7 Å². The first-order chi connectivity index (χ1) is 15.0. The molecule has 7 nitrogen and oxygen atoms in total. The number of hydrogen-bond donors (Lipinski definition) is 1. The number of morpholine rings is 1. The molecule has 1 aromatic heterocycles. The summed E-state index contributed by atoms with van der Waals surface area (Å²) in [6, 6.07) is 7.56. The molecule has 2 aliphatic rings. The second kappa shape index (κ2) is 9.62. The number of nitrogens with zero attached hydrogens (tertiary/aromatic N) is 3. The van der Waals surface area contributed by atoms with E-state index in [1.165, 1.54) is 12.1 Å². The van der Waals surface area contributed by atoms with Crippen LogP contribution < -0.4 is 10.2 Å². The Kier molecular flexibility index (Phi) is 6.67. The van der Waals surface area contributed by atoms with Gasteiger partial charge in [0, 0.05) is 38.4 Å². The smallest absolute Gasteiger partial charge is 0.255 e. The highest BCUT2D eigenvalue weighted by molar-refractivity contribution is 6.33. The number of benzene rings is 1. The van der Waals surface area contributed by atoms with Crippen LogP contribution >= 0.6 is 11.6 Å². The number of pyridine rings is 1. The van der Waals surface area contributed by atoms with Gasteiger partial charge in [0.1, 0.15) is 11.6 Å². The fourth-order valence-corrected chi connectivity index (χ4v) is 4.16. The molecule has 2 fully saturated rings. The number of rotatable bonds is 4. The lowest BCUT2D eigenvalue weighted by molar-refractivity contribution is 0.0302. The molecule has 0 bridgehead atoms. The summed E-state index contributed by atoms with van der Waals surface area (Å²) >= 11 is 6.45. The maximum Gasteiger partial charge on any atom is 0.255 e. The lowest BCUT2D eigenvalue weighted by Crippen LogP contribution is -2.45. The second-order valence-electron chi connectivity index (χ2n) is 7.65. The Morgan fingerprint density at radius 2 is 1.84 bits per heavy atom. The average Bonchev–Trinajstić information content (AvgIpc) is 2.80. The average molecular weight is 447 g/mol. The van der Waals surface area contributed by atoms with Crippen molar-refractivity contribution in [1.82, 2.24) is 15.2 Å². The van der Waals surface area contributed by atoms with Crippen LogP contribution in [0.2, 0.25) is 5.02 Å². The van der Waals surface area contributed by atoms with Crippen LogP contribution in [0.4, 0.5) is 10.2 Å². The fraction of sp³-hybridized carbons (Fsp3) is 0.409. The van der Waals surface area contributed by atoms with Crippen LogP contribution in [-0.4, -0.2) is 67.1 Å². The summed E-state index contributed by atoms with van der Waals surface area (Å²) in [5, 5.41) is 3.33. The number of hydrogen-bond acceptors (Lipinski definition) is 5. The number of ether oxygens (including phenoxy) is 1. The summed E-state index contributed by atoms with van der Waals surface area (Å²) < 4.78 is 19.1. The van der Waals surface area contributed by atoms with Crippen LogP contribution in [0.25, 0.3) is 0 Å². The summed E-state index contributed by atoms with van der Waals surface area (Å²) in [7, 11) is 0. The number of anilines is 1. The number of piperidine rings is 1. The Morgan fingerprint density at radius 1 is 1.13 bits per heavy atom. The van der Waals surface area contributed by atoms with Gasteiger partial charge < -0.3 is 19.9 Å². The summed E-state index contributed by atoms with van der Waals surface area (Å²) in [4.78, 5) is 33.2. The van der Waals surface area contributed by atoms with Gasteiger partial charge in [-0.1, -0.05) is 23.7 Å². The van der Waals surface area contributed by atoms with Crippen molar-refractivity contribution >= 4 is 29.2 Å². The molecule has 1 N–H and O–H groups in total. The minimum atomic E-state index is -0.528. The Balaban J connectivity index is 1.35. The molecule has 3 heterocycles. The van der Waals surface area contributed by atoms with Crippen LogP contribution in [-0.2, 0) is 4.74 Å². The topological polar surface area (TPSA) is 74.8 Å². The van der Waals surface area contributed by atoms with E-state index in [-0.39, 0.29) is 17.5 Å². The van der Waals surface area contributed by atoms with Crippen molar-refractivity contribution in [1.29, 1.82) is 0 Å². The van der Waals surface area contributed by atoms with Gasteiger partial charge in [0.15, 0.2) is 0 Å². The SMILES string of the molecule is O=C(NC1CCN(c2ncc(C(=O)N3CCOCC3)cc2Cl)CC1)c1ccccc1F. The molecule has 0 aliphatic carbocycles. The number of halogens is 2. The van der Waals surface area contributed by atoms with Crippen molar-refractivity contribution in [2.45, 2.75) is 18.9 Å². The minimum absolute atomic E-state index is 0.0511. The van der Waals surface area contributed by atoms with Gasteiger partial charge in [-0.2, -0.15) is 0 Å². The monoisotopic (exact) mass is 446 g/mol. The van der Waals surface area contributed by atoms with Gasteiger partial charge >= 0.3 is 0 Å². The lowest BCUT2D eigenvalue weighted by Gasteiger charge is -2.33.